The minimum atomic E-state index is 0.0743. The Kier molecular flexibility index (Phi) is 5.15. The monoisotopic (exact) mass is 328 g/mol. The zero-order chi connectivity index (χ0) is 16.9. The van der Waals surface area contributed by atoms with Crippen LogP contribution in [-0.4, -0.2) is 44.9 Å². The average Bonchev–Trinajstić information content (AvgIpc) is 3.21. The molecule has 1 aromatic carbocycles. The molecular formula is C18H24N4O2. The van der Waals surface area contributed by atoms with Gasteiger partial charge in [0.25, 0.3) is 5.91 Å². The minimum Gasteiger partial charge on any atom is -0.396 e. The summed E-state index contributed by atoms with van der Waals surface area (Å²) in [6.45, 7) is 0.984. The summed E-state index contributed by atoms with van der Waals surface area (Å²) in [7, 11) is 1.87. The lowest BCUT2D eigenvalue weighted by Crippen LogP contribution is -2.35. The van der Waals surface area contributed by atoms with E-state index in [9.17, 15) is 4.79 Å². The highest BCUT2D eigenvalue weighted by Gasteiger charge is 2.28. The zero-order valence-corrected chi connectivity index (χ0v) is 14.0. The van der Waals surface area contributed by atoms with Gasteiger partial charge < -0.3 is 15.3 Å². The summed E-state index contributed by atoms with van der Waals surface area (Å²) in [4.78, 5) is 14.8. The Morgan fingerprint density at radius 1 is 1.42 bits per heavy atom. The summed E-state index contributed by atoms with van der Waals surface area (Å²) >= 11 is 0. The molecule has 1 aromatic heterocycles. The highest BCUT2D eigenvalue weighted by molar-refractivity contribution is 5.95. The summed E-state index contributed by atoms with van der Waals surface area (Å²) in [6.07, 6.45) is 7.32. The van der Waals surface area contributed by atoms with Crippen LogP contribution in [0.2, 0.25) is 0 Å². The summed E-state index contributed by atoms with van der Waals surface area (Å²) in [5, 5.41) is 16.4. The number of aliphatic hydroxyl groups excluding tert-OH is 1. The van der Waals surface area contributed by atoms with Gasteiger partial charge in [-0.3, -0.25) is 9.48 Å². The van der Waals surface area contributed by atoms with E-state index in [0.29, 0.717) is 5.56 Å². The van der Waals surface area contributed by atoms with Gasteiger partial charge >= 0.3 is 0 Å². The van der Waals surface area contributed by atoms with Gasteiger partial charge in [-0.2, -0.15) is 5.10 Å². The largest absolute Gasteiger partial charge is 0.396 e. The van der Waals surface area contributed by atoms with Gasteiger partial charge in [0, 0.05) is 43.7 Å². The Hall–Kier alpha value is -2.34. The van der Waals surface area contributed by atoms with Crippen LogP contribution in [0.4, 0.5) is 11.4 Å². The first kappa shape index (κ1) is 16.5. The first-order chi connectivity index (χ1) is 11.7. The molecule has 1 atom stereocenters. The molecule has 6 nitrogen and oxygen atoms in total. The number of aromatic nitrogens is 2. The Bertz CT molecular complexity index is 698. The molecule has 0 bridgehead atoms. The summed E-state index contributed by atoms with van der Waals surface area (Å²) < 4.78 is 1.73. The van der Waals surface area contributed by atoms with Crippen molar-refractivity contribution >= 4 is 17.3 Å². The molecule has 0 radical (unpaired) electrons. The number of aryl methyl sites for hydroxylation is 1. The van der Waals surface area contributed by atoms with Crippen molar-refractivity contribution in [3.05, 3.63) is 42.2 Å². The Morgan fingerprint density at radius 3 is 3.04 bits per heavy atom. The number of hydrogen-bond donors (Lipinski definition) is 2. The summed E-state index contributed by atoms with van der Waals surface area (Å²) in [5.41, 5.74) is 2.46. The molecule has 6 heteroatoms. The Balaban J connectivity index is 1.71. The summed E-state index contributed by atoms with van der Waals surface area (Å²) in [6, 6.07) is 7.83. The van der Waals surface area contributed by atoms with Gasteiger partial charge in [0.1, 0.15) is 0 Å². The van der Waals surface area contributed by atoms with Crippen molar-refractivity contribution in [2.24, 2.45) is 7.05 Å². The molecule has 1 aliphatic heterocycles. The predicted octanol–water partition coefficient (Wildman–Crippen LogP) is 2.54. The third kappa shape index (κ3) is 3.76. The molecule has 1 unspecified atom stereocenters. The number of likely N-dealkylation sites (tertiary alicyclic amines) is 1. The fourth-order valence-corrected chi connectivity index (χ4v) is 3.28. The fourth-order valence-electron chi connectivity index (χ4n) is 3.28. The zero-order valence-electron chi connectivity index (χ0n) is 14.0. The van der Waals surface area contributed by atoms with Crippen LogP contribution in [0.5, 0.6) is 0 Å². The van der Waals surface area contributed by atoms with Crippen LogP contribution < -0.4 is 5.32 Å². The quantitative estimate of drug-likeness (QED) is 0.855. The molecule has 3 rings (SSSR count). The van der Waals surface area contributed by atoms with E-state index in [0.717, 1.165) is 43.6 Å². The van der Waals surface area contributed by atoms with Crippen molar-refractivity contribution in [1.29, 1.82) is 0 Å². The van der Waals surface area contributed by atoms with Crippen LogP contribution >= 0.6 is 0 Å². The topological polar surface area (TPSA) is 70.4 Å². The second kappa shape index (κ2) is 7.49. The maximum atomic E-state index is 12.8. The molecule has 1 amide bonds. The molecule has 0 spiro atoms. The lowest BCUT2D eigenvalue weighted by molar-refractivity contribution is 0.0724. The van der Waals surface area contributed by atoms with E-state index >= 15 is 0 Å². The molecule has 2 aromatic rings. The molecule has 24 heavy (non-hydrogen) atoms. The van der Waals surface area contributed by atoms with Gasteiger partial charge in [-0.15, -0.1) is 0 Å². The second-order valence-electron chi connectivity index (χ2n) is 6.27. The van der Waals surface area contributed by atoms with Crippen LogP contribution in [-0.2, 0) is 7.05 Å². The average molecular weight is 328 g/mol. The first-order valence-corrected chi connectivity index (χ1v) is 8.45. The molecule has 1 aliphatic rings. The molecule has 1 fully saturated rings. The standard InChI is InChI=1S/C18H24N4O2/c1-21-13-16(12-19-21)20-15-6-2-5-14(11-15)18(24)22-9-3-7-17(22)8-4-10-23/h2,5-6,11-13,17,20,23H,3-4,7-10H2,1H3. The molecule has 1 saturated heterocycles. The van der Waals surface area contributed by atoms with E-state index < -0.39 is 0 Å². The van der Waals surface area contributed by atoms with E-state index in [1.54, 1.807) is 10.9 Å². The number of nitrogens with zero attached hydrogens (tertiary/aromatic N) is 3. The maximum Gasteiger partial charge on any atom is 0.254 e. The van der Waals surface area contributed by atoms with Crippen molar-refractivity contribution in [2.45, 2.75) is 31.7 Å². The first-order valence-electron chi connectivity index (χ1n) is 8.45. The number of amides is 1. The van der Waals surface area contributed by atoms with Crippen molar-refractivity contribution in [3.8, 4) is 0 Å². The molecule has 0 saturated carbocycles. The SMILES string of the molecule is Cn1cc(Nc2cccc(C(=O)N3CCCC3CCCO)c2)cn1. The van der Waals surface area contributed by atoms with Gasteiger partial charge in [0.05, 0.1) is 11.9 Å². The number of aliphatic hydroxyl groups is 1. The lowest BCUT2D eigenvalue weighted by atomic mass is 10.1. The van der Waals surface area contributed by atoms with Gasteiger partial charge in [-0.25, -0.2) is 0 Å². The van der Waals surface area contributed by atoms with Crippen LogP contribution in [0.1, 0.15) is 36.0 Å². The Morgan fingerprint density at radius 2 is 2.29 bits per heavy atom. The van der Waals surface area contributed by atoms with Crippen molar-refractivity contribution < 1.29 is 9.90 Å². The fraction of sp³-hybridized carbons (Fsp3) is 0.444. The summed E-state index contributed by atoms with van der Waals surface area (Å²) in [5.74, 6) is 0.0743. The number of hydrogen-bond acceptors (Lipinski definition) is 4. The normalized spacial score (nSPS) is 17.2. The number of nitrogens with one attached hydrogen (secondary N) is 1. The number of carbonyl (C=O) groups is 1. The van der Waals surface area contributed by atoms with E-state index in [1.165, 1.54) is 0 Å². The molecule has 0 aliphatic carbocycles. The molecule has 2 N–H and O–H groups in total. The maximum absolute atomic E-state index is 12.8. The third-order valence-corrected chi connectivity index (χ3v) is 4.44. The van der Waals surface area contributed by atoms with Crippen LogP contribution in [0.15, 0.2) is 36.7 Å². The van der Waals surface area contributed by atoms with Gasteiger partial charge in [-0.05, 0) is 43.9 Å². The number of anilines is 2. The number of rotatable bonds is 6. The van der Waals surface area contributed by atoms with Gasteiger partial charge in [0.2, 0.25) is 0 Å². The van der Waals surface area contributed by atoms with Crippen LogP contribution in [0.25, 0.3) is 0 Å². The minimum absolute atomic E-state index is 0.0743. The lowest BCUT2D eigenvalue weighted by Gasteiger charge is -2.25. The van der Waals surface area contributed by atoms with Gasteiger partial charge in [0.15, 0.2) is 0 Å². The van der Waals surface area contributed by atoms with E-state index in [4.69, 9.17) is 5.11 Å². The predicted molar refractivity (Wildman–Crippen MR) is 93.3 cm³/mol. The van der Waals surface area contributed by atoms with E-state index in [-0.39, 0.29) is 18.6 Å². The van der Waals surface area contributed by atoms with Crippen molar-refractivity contribution in [2.75, 3.05) is 18.5 Å². The highest BCUT2D eigenvalue weighted by atomic mass is 16.3. The Labute approximate surface area is 142 Å². The molecule has 128 valence electrons. The molecular weight excluding hydrogens is 304 g/mol. The highest BCUT2D eigenvalue weighted by Crippen LogP contribution is 2.25. The van der Waals surface area contributed by atoms with Crippen LogP contribution in [0, 0.1) is 0 Å². The van der Waals surface area contributed by atoms with E-state index in [1.807, 2.05) is 42.4 Å². The third-order valence-electron chi connectivity index (χ3n) is 4.44. The number of carbonyl (C=O) groups excluding carboxylic acids is 1. The second-order valence-corrected chi connectivity index (χ2v) is 6.27. The van der Waals surface area contributed by atoms with Crippen LogP contribution in [0.3, 0.4) is 0 Å². The van der Waals surface area contributed by atoms with E-state index in [2.05, 4.69) is 10.4 Å². The van der Waals surface area contributed by atoms with Crippen molar-refractivity contribution in [3.63, 3.8) is 0 Å². The number of benzene rings is 1. The van der Waals surface area contributed by atoms with Gasteiger partial charge in [-0.1, -0.05) is 6.07 Å². The smallest absolute Gasteiger partial charge is 0.254 e. The van der Waals surface area contributed by atoms with Crippen molar-refractivity contribution in [1.82, 2.24) is 14.7 Å². The molecule has 2 heterocycles.